The van der Waals surface area contributed by atoms with E-state index in [2.05, 4.69) is 0 Å². The Morgan fingerprint density at radius 2 is 1.43 bits per heavy atom. The Labute approximate surface area is 97.1 Å². The van der Waals surface area contributed by atoms with Gasteiger partial charge in [-0.05, 0) is 6.10 Å². The van der Waals surface area contributed by atoms with Gasteiger partial charge in [-0.3, -0.25) is 0 Å². The minimum absolute atomic E-state index is 0. The average Bonchev–Trinajstić information content (AvgIpc) is 2.12. The minimum atomic E-state index is -1.72. The van der Waals surface area contributed by atoms with Crippen molar-refractivity contribution in [3.8, 4) is 0 Å². The Morgan fingerprint density at radius 1 is 1.00 bits per heavy atom. The summed E-state index contributed by atoms with van der Waals surface area (Å²) in [7, 11) is 0. The van der Waals surface area contributed by atoms with Crippen LogP contribution in [0.15, 0.2) is 0 Å². The van der Waals surface area contributed by atoms with E-state index in [9.17, 15) is 0 Å². The summed E-state index contributed by atoms with van der Waals surface area (Å²) in [5.74, 6) is 0. The van der Waals surface area contributed by atoms with Gasteiger partial charge < -0.3 is 36.1 Å². The molecule has 82 valence electrons. The van der Waals surface area contributed by atoms with Crippen LogP contribution in [0, 0.1) is 6.61 Å². The maximum Gasteiger partial charge on any atom is 2.00 e. The molecule has 0 aromatic heterocycles. The summed E-state index contributed by atoms with van der Waals surface area (Å²) in [5.41, 5.74) is 0. The summed E-state index contributed by atoms with van der Waals surface area (Å²) in [4.78, 5) is 0. The molecule has 0 aromatic carbocycles. The Hall–Kier alpha value is 0.486. The van der Waals surface area contributed by atoms with Crippen LogP contribution in [0.2, 0.25) is 0 Å². The maximum atomic E-state index is 8.94. The van der Waals surface area contributed by atoms with Crippen LogP contribution in [0.25, 0.3) is 0 Å². The first-order chi connectivity index (χ1) is 5.54. The van der Waals surface area contributed by atoms with Gasteiger partial charge in [0, 0.05) is 0 Å². The first kappa shape index (κ1) is 20.0. The molecule has 0 radical (unpaired) electrons. The van der Waals surface area contributed by atoms with E-state index in [1.165, 1.54) is 0 Å². The van der Waals surface area contributed by atoms with Gasteiger partial charge in [0.05, 0.1) is 12.7 Å². The van der Waals surface area contributed by atoms with Crippen LogP contribution in [-0.4, -0.2) is 90.2 Å². The summed E-state index contributed by atoms with van der Waals surface area (Å²) < 4.78 is 0. The predicted octanol–water partition coefficient (Wildman–Crippen LogP) is -4.25. The van der Waals surface area contributed by atoms with Crippen molar-refractivity contribution in [2.75, 3.05) is 6.61 Å². The van der Waals surface area contributed by atoms with Crippen LogP contribution >= 0.6 is 0 Å². The van der Waals surface area contributed by atoms with Crippen molar-refractivity contribution in [1.29, 1.82) is 0 Å². The normalized spacial score (nSPS) is 18.4. The average molecular weight is 223 g/mol. The van der Waals surface area contributed by atoms with Crippen molar-refractivity contribution in [3.05, 3.63) is 6.61 Å². The fourth-order valence-electron chi connectivity index (χ4n) is 0.626. The van der Waals surface area contributed by atoms with E-state index >= 15 is 0 Å². The molecule has 0 aliphatic rings. The van der Waals surface area contributed by atoms with Crippen LogP contribution in [0.3, 0.4) is 0 Å². The Morgan fingerprint density at radius 3 is 1.71 bits per heavy atom. The Balaban J connectivity index is -0.000000605. The molecule has 0 bridgehead atoms. The summed E-state index contributed by atoms with van der Waals surface area (Å²) in [5, 5.41) is 51.9. The number of rotatable bonds is 5. The molecule has 0 rings (SSSR count). The van der Waals surface area contributed by atoms with Crippen molar-refractivity contribution >= 4 is 23.1 Å². The zero-order chi connectivity index (χ0) is 9.72. The van der Waals surface area contributed by atoms with Crippen LogP contribution in [0.5, 0.6) is 0 Å². The molecule has 14 heavy (non-hydrogen) atoms. The van der Waals surface area contributed by atoms with Gasteiger partial charge in [-0.1, -0.05) is 0 Å². The van der Waals surface area contributed by atoms with Crippen molar-refractivity contribution in [3.63, 3.8) is 0 Å². The number of aliphatic hydroxyl groups excluding tert-OH is 6. The zero-order valence-corrected chi connectivity index (χ0v) is 8.90. The second kappa shape index (κ2) is 10.0. The molecule has 8 N–H and O–H groups in total. The first-order valence-electron chi connectivity index (χ1n) is 3.35. The van der Waals surface area contributed by atoms with Gasteiger partial charge in [0.1, 0.15) is 12.2 Å². The first-order valence-corrected chi connectivity index (χ1v) is 3.35. The molecule has 8 heteroatoms. The molecule has 0 aliphatic heterocycles. The third kappa shape index (κ3) is 6.06. The Bertz CT molecular complexity index is 111. The number of hydrogen-bond donors (Lipinski definition) is 6. The third-order valence-corrected chi connectivity index (χ3v) is 1.43. The van der Waals surface area contributed by atoms with Crippen molar-refractivity contribution in [2.24, 2.45) is 0 Å². The molecule has 0 fully saturated rings. The molecule has 0 aromatic rings. The molecule has 0 heterocycles. The molecule has 0 saturated heterocycles. The molecular formula is C6H15MgO7+. The molecule has 0 spiro atoms. The fourth-order valence-corrected chi connectivity index (χ4v) is 0.626. The van der Waals surface area contributed by atoms with Gasteiger partial charge in [-0.15, -0.1) is 0 Å². The summed E-state index contributed by atoms with van der Waals surface area (Å²) in [6, 6.07) is 0. The molecule has 0 saturated carbocycles. The SMILES string of the molecule is O.O[CH-][C@H](O)[C@@H](O)[C@H](O)[C@H](O)CO.[Mg+2]. The number of aliphatic hydroxyl groups is 6. The van der Waals surface area contributed by atoms with E-state index in [1.54, 1.807) is 0 Å². The maximum absolute atomic E-state index is 8.94. The van der Waals surface area contributed by atoms with E-state index in [4.69, 9.17) is 30.6 Å². The van der Waals surface area contributed by atoms with E-state index in [0.717, 1.165) is 0 Å². The summed E-state index contributed by atoms with van der Waals surface area (Å²) >= 11 is 0. The van der Waals surface area contributed by atoms with E-state index in [-0.39, 0.29) is 35.1 Å². The van der Waals surface area contributed by atoms with Crippen molar-refractivity contribution in [1.82, 2.24) is 0 Å². The molecule has 4 atom stereocenters. The minimum Gasteiger partial charge on any atom is -0.563 e. The Kier molecular flexibility index (Phi) is 14.3. The summed E-state index contributed by atoms with van der Waals surface area (Å²) in [6.45, 7) is -0.464. The van der Waals surface area contributed by atoms with Gasteiger partial charge in [-0.25, -0.2) is 0 Å². The topological polar surface area (TPSA) is 153 Å². The van der Waals surface area contributed by atoms with Crippen molar-refractivity contribution in [2.45, 2.75) is 24.4 Å². The van der Waals surface area contributed by atoms with Gasteiger partial charge in [-0.2, -0.15) is 6.61 Å². The zero-order valence-electron chi connectivity index (χ0n) is 7.48. The van der Waals surface area contributed by atoms with Crippen LogP contribution in [0.1, 0.15) is 0 Å². The molecule has 7 nitrogen and oxygen atoms in total. The second-order valence-corrected chi connectivity index (χ2v) is 2.37. The molecule has 0 aliphatic carbocycles. The monoisotopic (exact) mass is 223 g/mol. The van der Waals surface area contributed by atoms with Crippen molar-refractivity contribution < 1.29 is 36.1 Å². The van der Waals surface area contributed by atoms with E-state index in [1.807, 2.05) is 0 Å². The van der Waals surface area contributed by atoms with Crippen LogP contribution in [0.4, 0.5) is 0 Å². The van der Waals surface area contributed by atoms with Gasteiger partial charge in [0.2, 0.25) is 0 Å². The van der Waals surface area contributed by atoms with Crippen LogP contribution in [-0.2, 0) is 0 Å². The largest absolute Gasteiger partial charge is 2.00 e. The van der Waals surface area contributed by atoms with Gasteiger partial charge in [0.25, 0.3) is 0 Å². The third-order valence-electron chi connectivity index (χ3n) is 1.43. The smallest absolute Gasteiger partial charge is 0.563 e. The number of hydrogen-bond acceptors (Lipinski definition) is 6. The quantitative estimate of drug-likeness (QED) is 0.205. The van der Waals surface area contributed by atoms with Gasteiger partial charge >= 0.3 is 23.1 Å². The molecular weight excluding hydrogens is 208 g/mol. The van der Waals surface area contributed by atoms with Gasteiger partial charge in [0.15, 0.2) is 0 Å². The standard InChI is InChI=1S/C6H13O6.Mg.H2O/c7-1-3(9)5(11)6(12)4(10)2-8;;/h1,3-12H,2H2;;1H2/q-1;+2;/t3-,4+,5+,6+;;/m0../s1. The van der Waals surface area contributed by atoms with E-state index < -0.39 is 31.0 Å². The summed E-state index contributed by atoms with van der Waals surface area (Å²) in [6.07, 6.45) is -6.62. The second-order valence-electron chi connectivity index (χ2n) is 2.37. The molecule has 0 unspecified atom stereocenters. The van der Waals surface area contributed by atoms with E-state index in [0.29, 0.717) is 0 Å². The van der Waals surface area contributed by atoms with Crippen LogP contribution < -0.4 is 0 Å². The fraction of sp³-hybridized carbons (Fsp3) is 0.833. The molecule has 0 amide bonds. The predicted molar refractivity (Wildman–Crippen MR) is 46.7 cm³/mol.